The van der Waals surface area contributed by atoms with Crippen LogP contribution in [0.25, 0.3) is 0 Å². The number of nitrogens with zero attached hydrogens (tertiary/aromatic N) is 1. The Balaban J connectivity index is 2.60. The Morgan fingerprint density at radius 1 is 1.11 bits per heavy atom. The molecule has 1 aromatic rings. The highest BCUT2D eigenvalue weighted by molar-refractivity contribution is 5.15. The molecule has 2 heteroatoms. The number of halogens is 1. The molecule has 1 nitrogen and oxygen atoms in total. The molecule has 0 aromatic heterocycles. The zero-order valence-electron chi connectivity index (χ0n) is 12.3. The molecule has 0 fully saturated rings. The van der Waals surface area contributed by atoms with E-state index in [4.69, 9.17) is 0 Å². The van der Waals surface area contributed by atoms with Crippen molar-refractivity contribution in [1.29, 1.82) is 0 Å². The van der Waals surface area contributed by atoms with Crippen LogP contribution < -0.4 is 0 Å². The fourth-order valence-electron chi connectivity index (χ4n) is 1.82. The molecule has 0 heterocycles. The standard InChI is InChI=1S/C16H26FN/c1-13(2)18(11-10-16(3,4)5)12-14-6-8-15(17)9-7-14/h6-9,13H,10-12H2,1-5H3. The minimum absolute atomic E-state index is 0.162. The lowest BCUT2D eigenvalue weighted by Gasteiger charge is -2.30. The van der Waals surface area contributed by atoms with E-state index >= 15 is 0 Å². The van der Waals surface area contributed by atoms with Crippen LogP contribution in [0.15, 0.2) is 24.3 Å². The van der Waals surface area contributed by atoms with Gasteiger partial charge >= 0.3 is 0 Å². The molecule has 0 N–H and O–H groups in total. The van der Waals surface area contributed by atoms with Gasteiger partial charge in [0.1, 0.15) is 5.82 Å². The fourth-order valence-corrected chi connectivity index (χ4v) is 1.82. The third-order valence-corrected chi connectivity index (χ3v) is 3.18. The Morgan fingerprint density at radius 2 is 1.67 bits per heavy atom. The Hall–Kier alpha value is -0.890. The van der Waals surface area contributed by atoms with Gasteiger partial charge in [-0.05, 0) is 49.9 Å². The summed E-state index contributed by atoms with van der Waals surface area (Å²) < 4.78 is 12.9. The summed E-state index contributed by atoms with van der Waals surface area (Å²) in [6.07, 6.45) is 1.17. The van der Waals surface area contributed by atoms with Crippen molar-refractivity contribution in [3.05, 3.63) is 35.6 Å². The Labute approximate surface area is 111 Å². The minimum Gasteiger partial charge on any atom is -0.297 e. The molecule has 1 rings (SSSR count). The highest BCUT2D eigenvalue weighted by Gasteiger charge is 2.15. The van der Waals surface area contributed by atoms with Crippen LogP contribution in [0.5, 0.6) is 0 Å². The second-order valence-electron chi connectivity index (χ2n) is 6.50. The van der Waals surface area contributed by atoms with Crippen molar-refractivity contribution in [3.8, 4) is 0 Å². The maximum atomic E-state index is 12.9. The first-order valence-electron chi connectivity index (χ1n) is 6.76. The van der Waals surface area contributed by atoms with Gasteiger partial charge in [0.2, 0.25) is 0 Å². The van der Waals surface area contributed by atoms with Crippen LogP contribution in [0.1, 0.15) is 46.6 Å². The molecule has 18 heavy (non-hydrogen) atoms. The SMILES string of the molecule is CC(C)N(CCC(C)(C)C)Cc1ccc(F)cc1. The van der Waals surface area contributed by atoms with Crippen molar-refractivity contribution < 1.29 is 4.39 Å². The summed E-state index contributed by atoms with van der Waals surface area (Å²) in [5.41, 5.74) is 1.54. The summed E-state index contributed by atoms with van der Waals surface area (Å²) in [6, 6.07) is 7.34. The van der Waals surface area contributed by atoms with Crippen molar-refractivity contribution in [1.82, 2.24) is 4.90 Å². The molecule has 0 saturated carbocycles. The smallest absolute Gasteiger partial charge is 0.123 e. The van der Waals surface area contributed by atoms with Crippen molar-refractivity contribution in [2.24, 2.45) is 5.41 Å². The van der Waals surface area contributed by atoms with E-state index in [9.17, 15) is 4.39 Å². The highest BCUT2D eigenvalue weighted by Crippen LogP contribution is 2.20. The molecule has 102 valence electrons. The van der Waals surface area contributed by atoms with Crippen LogP contribution in [0.4, 0.5) is 4.39 Å². The van der Waals surface area contributed by atoms with Crippen molar-refractivity contribution >= 4 is 0 Å². The second-order valence-corrected chi connectivity index (χ2v) is 6.50. The van der Waals surface area contributed by atoms with Crippen LogP contribution >= 0.6 is 0 Å². The van der Waals surface area contributed by atoms with Gasteiger partial charge in [0.15, 0.2) is 0 Å². The first-order valence-corrected chi connectivity index (χ1v) is 6.76. The zero-order chi connectivity index (χ0) is 13.8. The largest absolute Gasteiger partial charge is 0.297 e. The predicted molar refractivity (Wildman–Crippen MR) is 76.0 cm³/mol. The van der Waals surface area contributed by atoms with Crippen LogP contribution in [0, 0.1) is 11.2 Å². The molecular formula is C16H26FN. The Kier molecular flexibility index (Phi) is 5.33. The topological polar surface area (TPSA) is 3.24 Å². The van der Waals surface area contributed by atoms with Gasteiger partial charge in [-0.1, -0.05) is 32.9 Å². The lowest BCUT2D eigenvalue weighted by atomic mass is 9.92. The highest BCUT2D eigenvalue weighted by atomic mass is 19.1. The third-order valence-electron chi connectivity index (χ3n) is 3.18. The van der Waals surface area contributed by atoms with Gasteiger partial charge in [-0.25, -0.2) is 4.39 Å². The van der Waals surface area contributed by atoms with E-state index in [0.29, 0.717) is 11.5 Å². The summed E-state index contributed by atoms with van der Waals surface area (Å²) in [5.74, 6) is -0.162. The van der Waals surface area contributed by atoms with Gasteiger partial charge in [-0.15, -0.1) is 0 Å². The Bertz CT molecular complexity index is 348. The monoisotopic (exact) mass is 251 g/mol. The lowest BCUT2D eigenvalue weighted by Crippen LogP contribution is -2.33. The maximum absolute atomic E-state index is 12.9. The van der Waals surface area contributed by atoms with Crippen LogP contribution in [0.3, 0.4) is 0 Å². The molecule has 1 aromatic carbocycles. The molecule has 0 amide bonds. The number of benzene rings is 1. The zero-order valence-corrected chi connectivity index (χ0v) is 12.3. The second kappa shape index (κ2) is 6.33. The van der Waals surface area contributed by atoms with E-state index in [1.165, 1.54) is 24.1 Å². The molecule has 0 unspecified atom stereocenters. The van der Waals surface area contributed by atoms with Gasteiger partial charge in [0.05, 0.1) is 0 Å². The molecule has 0 saturated heterocycles. The summed E-state index contributed by atoms with van der Waals surface area (Å²) in [5, 5.41) is 0. The molecule has 0 spiro atoms. The van der Waals surface area contributed by atoms with Crippen molar-refractivity contribution in [2.75, 3.05) is 6.54 Å². The van der Waals surface area contributed by atoms with Crippen LogP contribution in [-0.4, -0.2) is 17.5 Å². The molecule has 0 bridgehead atoms. The average molecular weight is 251 g/mol. The van der Waals surface area contributed by atoms with E-state index in [1.54, 1.807) is 0 Å². The van der Waals surface area contributed by atoms with Gasteiger partial charge in [0.25, 0.3) is 0 Å². The van der Waals surface area contributed by atoms with Gasteiger partial charge in [-0.2, -0.15) is 0 Å². The lowest BCUT2D eigenvalue weighted by molar-refractivity contribution is 0.181. The number of hydrogen-bond donors (Lipinski definition) is 0. The van der Waals surface area contributed by atoms with Gasteiger partial charge in [-0.3, -0.25) is 4.90 Å². The quantitative estimate of drug-likeness (QED) is 0.746. The van der Waals surface area contributed by atoms with Crippen molar-refractivity contribution in [2.45, 2.75) is 53.6 Å². The molecular weight excluding hydrogens is 225 g/mol. The van der Waals surface area contributed by atoms with Crippen LogP contribution in [-0.2, 0) is 6.54 Å². The van der Waals surface area contributed by atoms with E-state index in [-0.39, 0.29) is 5.82 Å². The molecule has 0 atom stereocenters. The van der Waals surface area contributed by atoms with Crippen LogP contribution in [0.2, 0.25) is 0 Å². The predicted octanol–water partition coefficient (Wildman–Crippen LogP) is 4.47. The maximum Gasteiger partial charge on any atom is 0.123 e. The first kappa shape index (κ1) is 15.2. The fraction of sp³-hybridized carbons (Fsp3) is 0.625. The summed E-state index contributed by atoms with van der Waals surface area (Å²) in [7, 11) is 0. The molecule has 0 aliphatic carbocycles. The summed E-state index contributed by atoms with van der Waals surface area (Å²) >= 11 is 0. The molecule has 0 aliphatic heterocycles. The molecule has 0 aliphatic rings. The number of hydrogen-bond acceptors (Lipinski definition) is 1. The normalized spacial score (nSPS) is 12.4. The van der Waals surface area contributed by atoms with E-state index in [0.717, 1.165) is 13.1 Å². The van der Waals surface area contributed by atoms with E-state index < -0.39 is 0 Å². The Morgan fingerprint density at radius 3 is 2.11 bits per heavy atom. The van der Waals surface area contributed by atoms with Crippen molar-refractivity contribution in [3.63, 3.8) is 0 Å². The summed E-state index contributed by atoms with van der Waals surface area (Å²) in [6.45, 7) is 13.2. The number of rotatable bonds is 5. The van der Waals surface area contributed by atoms with Gasteiger partial charge < -0.3 is 0 Å². The minimum atomic E-state index is -0.162. The summed E-state index contributed by atoms with van der Waals surface area (Å²) in [4.78, 5) is 2.44. The average Bonchev–Trinajstić information content (AvgIpc) is 2.25. The molecule has 0 radical (unpaired) electrons. The van der Waals surface area contributed by atoms with Gasteiger partial charge in [0, 0.05) is 12.6 Å². The first-order chi connectivity index (χ1) is 8.28. The third kappa shape index (κ3) is 5.63. The van der Waals surface area contributed by atoms with E-state index in [2.05, 4.69) is 39.5 Å². The van der Waals surface area contributed by atoms with E-state index in [1.807, 2.05) is 12.1 Å².